The number of rotatable bonds is 5. The molecule has 4 fully saturated rings. The first-order valence-corrected chi connectivity index (χ1v) is 7.42. The second-order valence-electron chi connectivity index (χ2n) is 6.23. The van der Waals surface area contributed by atoms with Gasteiger partial charge in [-0.1, -0.05) is 0 Å². The number of alkyl halides is 2. The second-order valence-corrected chi connectivity index (χ2v) is 7.04. The molecule has 4 bridgehead atoms. The maximum Gasteiger partial charge on any atom is 1.00 e. The molecule has 0 heterocycles. The Labute approximate surface area is 147 Å². The van der Waals surface area contributed by atoms with Gasteiger partial charge in [0.2, 0.25) is 0 Å². The summed E-state index contributed by atoms with van der Waals surface area (Å²) in [4.78, 5) is 11.6. The van der Waals surface area contributed by atoms with Crippen molar-refractivity contribution in [2.75, 3.05) is 0 Å². The Hall–Kier alpha value is 0.560. The summed E-state index contributed by atoms with van der Waals surface area (Å²) in [7, 11) is 0. The smallest absolute Gasteiger partial charge is 0.691 e. The van der Waals surface area contributed by atoms with Crippen LogP contribution < -0.4 is 34.8 Å². The minimum absolute atomic E-state index is 0. The second kappa shape index (κ2) is 6.59. The van der Waals surface area contributed by atoms with Crippen LogP contribution in [-0.2, 0) is 18.9 Å². The van der Waals surface area contributed by atoms with Gasteiger partial charge in [-0.3, -0.25) is 5.04 Å². The van der Waals surface area contributed by atoms with E-state index in [2.05, 4.69) is 9.37 Å². The molecule has 4 aliphatic rings. The summed E-state index contributed by atoms with van der Waals surface area (Å²) < 4.78 is 35.6. The molecule has 0 amide bonds. The molecule has 0 saturated heterocycles. The fourth-order valence-corrected chi connectivity index (χ4v) is 4.73. The van der Waals surface area contributed by atoms with Crippen LogP contribution in [-0.4, -0.2) is 16.8 Å². The van der Waals surface area contributed by atoms with E-state index in [-0.39, 0.29) is 29.6 Å². The molecule has 0 radical (unpaired) electrons. The average Bonchev–Trinajstić information content (AvgIpc) is 2.34. The molecule has 0 aromatic rings. The van der Waals surface area contributed by atoms with Gasteiger partial charge in [0, 0.05) is 0 Å². The maximum absolute atomic E-state index is 13.4. The first-order chi connectivity index (χ1) is 9.42. The number of carbonyl (C=O) groups excluding carboxylic acids is 1. The molecule has 0 unspecified atom stereocenters. The van der Waals surface area contributed by atoms with E-state index in [4.69, 9.17) is 4.74 Å². The van der Waals surface area contributed by atoms with Crippen LogP contribution in [0.2, 0.25) is 0 Å². The van der Waals surface area contributed by atoms with Gasteiger partial charge in [0.1, 0.15) is 17.6 Å². The average molecular weight is 332 g/mol. The summed E-state index contributed by atoms with van der Waals surface area (Å²) in [5.41, 5.74) is -0.742. The Balaban J connectivity index is 0.00000161. The monoisotopic (exact) mass is 332 g/mol. The van der Waals surface area contributed by atoms with Crippen LogP contribution in [0.1, 0.15) is 38.5 Å². The summed E-state index contributed by atoms with van der Waals surface area (Å²) in [5.74, 6) is -0.203. The van der Waals surface area contributed by atoms with Gasteiger partial charge >= 0.3 is 40.8 Å². The van der Waals surface area contributed by atoms with Gasteiger partial charge in [0.05, 0.1) is 0 Å². The molecule has 4 aliphatic carbocycles. The predicted molar refractivity (Wildman–Crippen MR) is 61.7 cm³/mol. The summed E-state index contributed by atoms with van der Waals surface area (Å²) in [5, 5.41) is 8.49. The molecule has 21 heavy (non-hydrogen) atoms. The molecule has 0 aromatic carbocycles. The Kier molecular flexibility index (Phi) is 5.62. The predicted octanol–water partition coefficient (Wildman–Crippen LogP) is -1.03. The summed E-state index contributed by atoms with van der Waals surface area (Å²) in [6.45, 7) is 0. The zero-order chi connectivity index (χ0) is 14.4. The summed E-state index contributed by atoms with van der Waals surface area (Å²) >= 11 is -0.627. The van der Waals surface area contributed by atoms with E-state index < -0.39 is 28.9 Å². The molecular weight excluding hydrogens is 317 g/mol. The molecule has 0 atom stereocenters. The number of hydrogen-bond donors (Lipinski definition) is 0. The van der Waals surface area contributed by atoms with Crippen LogP contribution >= 0.6 is 12.0 Å². The van der Waals surface area contributed by atoms with E-state index in [1.807, 2.05) is 0 Å². The molecule has 5 nitrogen and oxygen atoms in total. The third-order valence-electron chi connectivity index (χ3n) is 4.70. The standard InChI is InChI=1S/C12H16F2O5S.Na/c13-12(14,20-19-18-16)10(15)17-11-4-7-1-8(5-11)3-9(2-7)6-11;/h7-9,16H,1-6H2;/q;+1/p-1. The number of halogens is 2. The topological polar surface area (TPSA) is 67.8 Å². The molecule has 4 rings (SSSR count). The van der Waals surface area contributed by atoms with Crippen LogP contribution in [0.15, 0.2) is 0 Å². The number of carbonyl (C=O) groups is 1. The first-order valence-electron chi connectivity index (χ1n) is 6.68. The van der Waals surface area contributed by atoms with Crippen molar-refractivity contribution in [3.05, 3.63) is 0 Å². The van der Waals surface area contributed by atoms with Crippen molar-refractivity contribution >= 4 is 18.0 Å². The Bertz CT molecular complexity index is 374. The molecule has 114 valence electrons. The van der Waals surface area contributed by atoms with Crippen molar-refractivity contribution in [3.63, 3.8) is 0 Å². The zero-order valence-corrected chi connectivity index (χ0v) is 14.5. The van der Waals surface area contributed by atoms with E-state index in [1.165, 1.54) is 0 Å². The molecular formula is C12H15F2NaO5S. The normalized spacial score (nSPS) is 37.2. The van der Waals surface area contributed by atoms with Gasteiger partial charge in [-0.05, 0) is 56.3 Å². The fourth-order valence-electron chi connectivity index (χ4n) is 4.50. The SMILES string of the molecule is O=C(OC12CC3CC(CC(C3)C1)C2)C(F)(F)SOO[O-].[Na+]. The minimum atomic E-state index is -3.94. The zero-order valence-electron chi connectivity index (χ0n) is 11.7. The van der Waals surface area contributed by atoms with Crippen molar-refractivity contribution in [2.24, 2.45) is 17.8 Å². The van der Waals surface area contributed by atoms with Crippen LogP contribution in [0.25, 0.3) is 0 Å². The van der Waals surface area contributed by atoms with E-state index >= 15 is 0 Å². The van der Waals surface area contributed by atoms with Crippen LogP contribution in [0.5, 0.6) is 0 Å². The number of esters is 1. The Morgan fingerprint density at radius 3 is 2.05 bits per heavy atom. The molecule has 0 spiro atoms. The van der Waals surface area contributed by atoms with Gasteiger partial charge in [-0.2, -0.15) is 13.1 Å². The van der Waals surface area contributed by atoms with Gasteiger partial charge in [-0.25, -0.2) is 4.79 Å². The van der Waals surface area contributed by atoms with Gasteiger partial charge in [0.15, 0.2) is 0 Å². The summed E-state index contributed by atoms with van der Waals surface area (Å²) in [6, 6.07) is 0. The number of ether oxygens (including phenoxy) is 1. The maximum atomic E-state index is 13.4. The molecule has 4 saturated carbocycles. The largest absolute Gasteiger partial charge is 1.00 e. The van der Waals surface area contributed by atoms with Gasteiger partial charge < -0.3 is 9.99 Å². The van der Waals surface area contributed by atoms with Crippen LogP contribution in [0, 0.1) is 17.8 Å². The Morgan fingerprint density at radius 2 is 1.62 bits per heavy atom. The van der Waals surface area contributed by atoms with E-state index in [9.17, 15) is 18.8 Å². The molecule has 0 N–H and O–H groups in total. The quantitative estimate of drug-likeness (QED) is 0.211. The van der Waals surface area contributed by atoms with Crippen LogP contribution in [0.3, 0.4) is 0 Å². The fraction of sp³-hybridized carbons (Fsp3) is 0.917. The van der Waals surface area contributed by atoms with E-state index in [0.717, 1.165) is 19.3 Å². The van der Waals surface area contributed by atoms with E-state index in [1.54, 1.807) is 0 Å². The Morgan fingerprint density at radius 1 is 1.14 bits per heavy atom. The number of hydrogen-bond acceptors (Lipinski definition) is 6. The molecule has 0 aliphatic heterocycles. The van der Waals surface area contributed by atoms with Gasteiger partial charge in [0.25, 0.3) is 0 Å². The van der Waals surface area contributed by atoms with Crippen molar-refractivity contribution in [2.45, 2.75) is 49.4 Å². The van der Waals surface area contributed by atoms with Crippen molar-refractivity contribution in [1.29, 1.82) is 0 Å². The van der Waals surface area contributed by atoms with Crippen molar-refractivity contribution in [1.82, 2.24) is 0 Å². The molecule has 9 heteroatoms. The molecule has 0 aromatic heterocycles. The van der Waals surface area contributed by atoms with Crippen molar-refractivity contribution < 1.29 is 62.5 Å². The van der Waals surface area contributed by atoms with Crippen molar-refractivity contribution in [3.8, 4) is 0 Å². The van der Waals surface area contributed by atoms with Gasteiger partial charge in [-0.15, -0.1) is 0 Å². The first kappa shape index (κ1) is 17.9. The van der Waals surface area contributed by atoms with E-state index in [0.29, 0.717) is 37.0 Å². The third-order valence-corrected chi connectivity index (χ3v) is 5.19. The van der Waals surface area contributed by atoms with Crippen LogP contribution in [0.4, 0.5) is 8.78 Å². The minimum Gasteiger partial charge on any atom is -0.691 e. The third kappa shape index (κ3) is 3.73. The summed E-state index contributed by atoms with van der Waals surface area (Å²) in [6.07, 6.45) is 5.37.